The minimum atomic E-state index is -0.515. The topological polar surface area (TPSA) is 80.8 Å². The number of aryl methyl sites for hydroxylation is 1. The summed E-state index contributed by atoms with van der Waals surface area (Å²) in [4.78, 5) is 31.6. The first-order chi connectivity index (χ1) is 15.1. The molecule has 0 aliphatic carbocycles. The predicted octanol–water partition coefficient (Wildman–Crippen LogP) is 3.26. The number of ether oxygens (including phenoxy) is 2. The van der Waals surface area contributed by atoms with Gasteiger partial charge in [0.2, 0.25) is 11.8 Å². The number of rotatable bonds is 9. The van der Waals surface area contributed by atoms with Crippen LogP contribution in [-0.4, -0.2) is 47.5 Å². The number of pyridine rings is 1. The van der Waals surface area contributed by atoms with Crippen molar-refractivity contribution in [2.24, 2.45) is 0 Å². The van der Waals surface area contributed by atoms with Crippen LogP contribution in [-0.2, 0) is 16.1 Å². The Hall–Kier alpha value is -3.09. The predicted molar refractivity (Wildman–Crippen MR) is 118 cm³/mol. The van der Waals surface area contributed by atoms with Gasteiger partial charge in [-0.05, 0) is 55.9 Å². The Morgan fingerprint density at radius 1 is 1.23 bits per heavy atom. The largest absolute Gasteiger partial charge is 0.493 e. The maximum Gasteiger partial charge on any atom is 0.261 e. The number of nitrogens with one attached hydrogen (secondary N) is 1. The summed E-state index contributed by atoms with van der Waals surface area (Å²) in [6.45, 7) is 5.53. The third-order valence-corrected chi connectivity index (χ3v) is 5.24. The third kappa shape index (κ3) is 6.44. The van der Waals surface area contributed by atoms with E-state index in [1.54, 1.807) is 29.3 Å². The van der Waals surface area contributed by atoms with Crippen molar-refractivity contribution in [1.82, 2.24) is 15.2 Å². The van der Waals surface area contributed by atoms with Crippen LogP contribution in [0.15, 0.2) is 42.6 Å². The summed E-state index contributed by atoms with van der Waals surface area (Å²) < 4.78 is 11.3. The summed E-state index contributed by atoms with van der Waals surface area (Å²) in [5.41, 5.74) is 1.96. The van der Waals surface area contributed by atoms with E-state index in [4.69, 9.17) is 9.47 Å². The Labute approximate surface area is 183 Å². The van der Waals surface area contributed by atoms with Gasteiger partial charge in [0.15, 0.2) is 6.61 Å². The number of amides is 2. The lowest BCUT2D eigenvalue weighted by Gasteiger charge is -2.30. The number of hydrogen-bond acceptors (Lipinski definition) is 5. The van der Waals surface area contributed by atoms with Gasteiger partial charge >= 0.3 is 0 Å². The van der Waals surface area contributed by atoms with Crippen LogP contribution in [0, 0.1) is 6.92 Å². The maximum absolute atomic E-state index is 13.1. The molecule has 1 aromatic carbocycles. The Morgan fingerprint density at radius 2 is 2.10 bits per heavy atom. The second-order valence-corrected chi connectivity index (χ2v) is 7.73. The highest BCUT2D eigenvalue weighted by molar-refractivity contribution is 5.88. The quantitative estimate of drug-likeness (QED) is 0.667. The summed E-state index contributed by atoms with van der Waals surface area (Å²) in [6, 6.07) is 10.7. The van der Waals surface area contributed by atoms with Gasteiger partial charge in [0.25, 0.3) is 5.91 Å². The molecule has 2 amide bonds. The van der Waals surface area contributed by atoms with Gasteiger partial charge in [-0.2, -0.15) is 0 Å². The Balaban J connectivity index is 1.77. The third-order valence-electron chi connectivity index (χ3n) is 5.24. The van der Waals surface area contributed by atoms with Crippen molar-refractivity contribution in [2.75, 3.05) is 19.8 Å². The van der Waals surface area contributed by atoms with Crippen molar-refractivity contribution in [1.29, 1.82) is 0 Å². The molecule has 1 atom stereocenters. The first-order valence-electron chi connectivity index (χ1n) is 10.9. The standard InChI is InChI=1S/C24H31N3O4/c1-3-14-30-21-11-10-19(15-18(21)2)16-27(20-8-4-6-13-26-24(20)29)23(28)17-31-22-9-5-7-12-25-22/h5,7,9-12,15,20H,3-4,6,8,13-14,16-17H2,1-2H3,(H,26,29)/t20-/m0/s1. The molecule has 31 heavy (non-hydrogen) atoms. The van der Waals surface area contributed by atoms with E-state index in [9.17, 15) is 9.59 Å². The van der Waals surface area contributed by atoms with E-state index in [0.717, 1.165) is 36.1 Å². The van der Waals surface area contributed by atoms with Crippen LogP contribution >= 0.6 is 0 Å². The van der Waals surface area contributed by atoms with E-state index in [-0.39, 0.29) is 18.4 Å². The van der Waals surface area contributed by atoms with E-state index in [1.165, 1.54) is 0 Å². The highest BCUT2D eigenvalue weighted by atomic mass is 16.5. The van der Waals surface area contributed by atoms with E-state index in [1.807, 2.05) is 25.1 Å². The number of hydrogen-bond donors (Lipinski definition) is 1. The van der Waals surface area contributed by atoms with Crippen LogP contribution in [0.4, 0.5) is 0 Å². The van der Waals surface area contributed by atoms with Gasteiger partial charge in [-0.15, -0.1) is 0 Å². The van der Waals surface area contributed by atoms with Gasteiger partial charge in [-0.1, -0.05) is 25.1 Å². The zero-order valence-corrected chi connectivity index (χ0v) is 18.3. The van der Waals surface area contributed by atoms with E-state index in [2.05, 4.69) is 17.2 Å². The minimum Gasteiger partial charge on any atom is -0.493 e. The molecule has 1 aliphatic heterocycles. The number of carbonyl (C=O) groups excluding carboxylic acids is 2. The first kappa shape index (κ1) is 22.6. The molecule has 166 valence electrons. The fraction of sp³-hybridized carbons (Fsp3) is 0.458. The molecular weight excluding hydrogens is 394 g/mol. The van der Waals surface area contributed by atoms with Crippen LogP contribution in [0.2, 0.25) is 0 Å². The van der Waals surface area contributed by atoms with Crippen molar-refractivity contribution in [3.63, 3.8) is 0 Å². The second kappa shape index (κ2) is 11.3. The molecule has 3 rings (SSSR count). The molecule has 7 heteroatoms. The molecule has 1 saturated heterocycles. The highest BCUT2D eigenvalue weighted by Gasteiger charge is 2.31. The van der Waals surface area contributed by atoms with Crippen LogP contribution in [0.25, 0.3) is 0 Å². The molecule has 7 nitrogen and oxygen atoms in total. The molecule has 2 aromatic rings. The zero-order chi connectivity index (χ0) is 22.1. The van der Waals surface area contributed by atoms with E-state index in [0.29, 0.717) is 32.0 Å². The first-order valence-corrected chi connectivity index (χ1v) is 10.9. The average molecular weight is 426 g/mol. The molecule has 0 bridgehead atoms. The summed E-state index contributed by atoms with van der Waals surface area (Å²) in [6.07, 6.45) is 4.99. The zero-order valence-electron chi connectivity index (χ0n) is 18.3. The van der Waals surface area contributed by atoms with E-state index < -0.39 is 6.04 Å². The summed E-state index contributed by atoms with van der Waals surface area (Å²) in [7, 11) is 0. The van der Waals surface area contributed by atoms with Crippen LogP contribution in [0.1, 0.15) is 43.7 Å². The molecule has 0 saturated carbocycles. The summed E-state index contributed by atoms with van der Waals surface area (Å²) in [5.74, 6) is 0.878. The molecule has 1 fully saturated rings. The molecule has 2 heterocycles. The summed E-state index contributed by atoms with van der Waals surface area (Å²) in [5, 5.41) is 2.93. The number of aromatic nitrogens is 1. The monoisotopic (exact) mass is 425 g/mol. The maximum atomic E-state index is 13.1. The van der Waals surface area contributed by atoms with Crippen molar-refractivity contribution in [3.05, 3.63) is 53.7 Å². The molecule has 1 aromatic heterocycles. The number of nitrogens with zero attached hydrogens (tertiary/aromatic N) is 2. The highest BCUT2D eigenvalue weighted by Crippen LogP contribution is 2.22. The molecule has 1 N–H and O–H groups in total. The van der Waals surface area contributed by atoms with E-state index >= 15 is 0 Å². The second-order valence-electron chi connectivity index (χ2n) is 7.73. The number of carbonyl (C=O) groups is 2. The molecule has 0 radical (unpaired) electrons. The molecule has 0 spiro atoms. The smallest absolute Gasteiger partial charge is 0.261 e. The fourth-order valence-corrected chi connectivity index (χ4v) is 3.62. The van der Waals surface area contributed by atoms with Crippen LogP contribution in [0.3, 0.4) is 0 Å². The fourth-order valence-electron chi connectivity index (χ4n) is 3.62. The van der Waals surface area contributed by atoms with Gasteiger partial charge in [0.1, 0.15) is 11.8 Å². The molecule has 0 unspecified atom stereocenters. The van der Waals surface area contributed by atoms with Gasteiger partial charge in [-0.3, -0.25) is 9.59 Å². The molecule has 1 aliphatic rings. The Bertz CT molecular complexity index is 872. The van der Waals surface area contributed by atoms with Gasteiger partial charge in [0, 0.05) is 25.4 Å². The average Bonchev–Trinajstić information content (AvgIpc) is 3.00. The minimum absolute atomic E-state index is 0.108. The van der Waals surface area contributed by atoms with Crippen LogP contribution < -0.4 is 14.8 Å². The van der Waals surface area contributed by atoms with Gasteiger partial charge < -0.3 is 19.7 Å². The Morgan fingerprint density at radius 3 is 2.84 bits per heavy atom. The van der Waals surface area contributed by atoms with Crippen molar-refractivity contribution >= 4 is 11.8 Å². The lowest BCUT2D eigenvalue weighted by atomic mass is 10.1. The summed E-state index contributed by atoms with van der Waals surface area (Å²) >= 11 is 0. The van der Waals surface area contributed by atoms with Gasteiger partial charge in [0.05, 0.1) is 6.61 Å². The lowest BCUT2D eigenvalue weighted by molar-refractivity contribution is -0.142. The Kier molecular flexibility index (Phi) is 8.27. The normalized spacial score (nSPS) is 16.2. The SMILES string of the molecule is CCCOc1ccc(CN(C(=O)COc2ccccn2)[C@H]2CCCCNC2=O)cc1C. The lowest BCUT2D eigenvalue weighted by Crippen LogP contribution is -2.49. The molecular formula is C24H31N3O4. The van der Waals surface area contributed by atoms with Crippen molar-refractivity contribution in [2.45, 2.75) is 52.1 Å². The van der Waals surface area contributed by atoms with Crippen molar-refractivity contribution < 1.29 is 19.1 Å². The van der Waals surface area contributed by atoms with Gasteiger partial charge in [-0.25, -0.2) is 4.98 Å². The number of benzene rings is 1. The van der Waals surface area contributed by atoms with Crippen LogP contribution in [0.5, 0.6) is 11.6 Å². The van der Waals surface area contributed by atoms with Crippen molar-refractivity contribution in [3.8, 4) is 11.6 Å².